The first-order valence-corrected chi connectivity index (χ1v) is 13.3. The number of para-hydroxylation sites is 1. The second kappa shape index (κ2) is 9.28. The normalized spacial score (nSPS) is 16.0. The Balaban J connectivity index is 1.85. The van der Waals surface area contributed by atoms with Crippen molar-refractivity contribution in [3.63, 3.8) is 0 Å². The lowest BCUT2D eigenvalue weighted by Gasteiger charge is -2.23. The molecule has 1 aromatic heterocycles. The summed E-state index contributed by atoms with van der Waals surface area (Å²) in [6, 6.07) is 20.0. The van der Waals surface area contributed by atoms with E-state index < -0.39 is 0 Å². The number of nitrogens with zero attached hydrogens (tertiary/aromatic N) is 2. The highest BCUT2D eigenvalue weighted by molar-refractivity contribution is 6.16. The van der Waals surface area contributed by atoms with Crippen molar-refractivity contribution in [1.29, 1.82) is 0 Å². The third-order valence-electron chi connectivity index (χ3n) is 7.50. The molecule has 0 aliphatic carbocycles. The molecule has 0 spiro atoms. The molecule has 4 aromatic rings. The molecule has 0 saturated carbocycles. The van der Waals surface area contributed by atoms with E-state index in [1.165, 1.54) is 49.9 Å². The second-order valence-corrected chi connectivity index (χ2v) is 11.1. The minimum atomic E-state index is 0.127. The molecular formula is C33H39N2O+. The molecular weight excluding hydrogens is 440 g/mol. The van der Waals surface area contributed by atoms with Gasteiger partial charge in [0.1, 0.15) is 22.7 Å². The molecule has 36 heavy (non-hydrogen) atoms. The van der Waals surface area contributed by atoms with E-state index in [1.54, 1.807) is 0 Å². The van der Waals surface area contributed by atoms with Crippen molar-refractivity contribution in [2.24, 2.45) is 0 Å². The van der Waals surface area contributed by atoms with Crippen LogP contribution in [0.1, 0.15) is 81.5 Å². The first-order valence-electron chi connectivity index (χ1n) is 13.3. The van der Waals surface area contributed by atoms with Crippen LogP contribution in [0.3, 0.4) is 0 Å². The fourth-order valence-corrected chi connectivity index (χ4v) is 5.91. The lowest BCUT2D eigenvalue weighted by atomic mass is 9.81. The van der Waals surface area contributed by atoms with Gasteiger partial charge in [-0.05, 0) is 79.6 Å². The average Bonchev–Trinajstić information content (AvgIpc) is 3.37. The molecule has 0 amide bonds. The van der Waals surface area contributed by atoms with Gasteiger partial charge in [0.05, 0.1) is 19.4 Å². The van der Waals surface area contributed by atoms with Crippen molar-refractivity contribution < 1.29 is 9.31 Å². The van der Waals surface area contributed by atoms with Crippen LogP contribution in [0.25, 0.3) is 21.8 Å². The maximum absolute atomic E-state index is 6.25. The van der Waals surface area contributed by atoms with Crippen molar-refractivity contribution in [2.45, 2.75) is 72.3 Å². The monoisotopic (exact) mass is 479 g/mol. The molecule has 0 radical (unpaired) electrons. The highest BCUT2D eigenvalue weighted by Crippen LogP contribution is 2.41. The maximum atomic E-state index is 6.25. The minimum Gasteiger partial charge on any atom is -0.491 e. The summed E-state index contributed by atoms with van der Waals surface area (Å²) in [5, 5.41) is 2.55. The summed E-state index contributed by atoms with van der Waals surface area (Å²) in [5.74, 6) is 3.30. The number of aryl methyl sites for hydroxylation is 1. The van der Waals surface area contributed by atoms with Crippen molar-refractivity contribution in [2.75, 3.05) is 7.05 Å². The molecule has 2 heterocycles. The summed E-state index contributed by atoms with van der Waals surface area (Å²) in [4.78, 5) is 0. The van der Waals surface area contributed by atoms with Crippen LogP contribution in [-0.2, 0) is 0 Å². The van der Waals surface area contributed by atoms with Crippen molar-refractivity contribution in [1.82, 2.24) is 4.57 Å². The summed E-state index contributed by atoms with van der Waals surface area (Å²) < 4.78 is 11.1. The summed E-state index contributed by atoms with van der Waals surface area (Å²) in [6.07, 6.45) is 4.75. The predicted molar refractivity (Wildman–Crippen MR) is 153 cm³/mol. The molecule has 3 aromatic carbocycles. The Bertz CT molecular complexity index is 1490. The molecule has 186 valence electrons. The fourth-order valence-electron chi connectivity index (χ4n) is 5.91. The van der Waals surface area contributed by atoms with Crippen LogP contribution in [0, 0.1) is 6.92 Å². The quantitative estimate of drug-likeness (QED) is 0.263. The van der Waals surface area contributed by atoms with Crippen LogP contribution in [0.15, 0.2) is 66.9 Å². The van der Waals surface area contributed by atoms with Crippen molar-refractivity contribution >= 4 is 27.6 Å². The van der Waals surface area contributed by atoms with Gasteiger partial charge in [-0.3, -0.25) is 0 Å². The van der Waals surface area contributed by atoms with Gasteiger partial charge in [-0.2, -0.15) is 4.57 Å². The molecule has 1 atom stereocenters. The van der Waals surface area contributed by atoms with Gasteiger partial charge in [0, 0.05) is 16.3 Å². The second-order valence-electron chi connectivity index (χ2n) is 11.1. The SMILES string of the molecule is Cc1c(OC(C)C)ccc2c3ccccc3n(C3=[N+](C)C=CC3c3c(C(C)C)cccc3C(C)C)c12. The molecule has 3 heteroatoms. The number of benzene rings is 3. The van der Waals surface area contributed by atoms with Crippen LogP contribution in [0.2, 0.25) is 0 Å². The fraction of sp³-hybridized carbons (Fsp3) is 0.364. The largest absolute Gasteiger partial charge is 0.491 e. The standard InChI is InChI=1S/C33H39N2O/c1-20(2)24-13-11-14-25(21(3)4)31(24)28-18-19-34(8)33(28)35-29-15-10-9-12-26(29)27-16-17-30(36-22(5)6)23(7)32(27)35/h9-22,28H,1-8H3/q+1. The van der Waals surface area contributed by atoms with Crippen LogP contribution >= 0.6 is 0 Å². The van der Waals surface area contributed by atoms with Gasteiger partial charge in [-0.1, -0.05) is 58.0 Å². The lowest BCUT2D eigenvalue weighted by molar-refractivity contribution is -0.421. The number of ether oxygens (including phenoxy) is 1. The molecule has 0 saturated heterocycles. The Morgan fingerprint density at radius 2 is 1.47 bits per heavy atom. The molecule has 3 nitrogen and oxygen atoms in total. The van der Waals surface area contributed by atoms with Crippen LogP contribution in [0.5, 0.6) is 5.75 Å². The van der Waals surface area contributed by atoms with Gasteiger partial charge in [0.25, 0.3) is 5.84 Å². The number of hydrogen-bond donors (Lipinski definition) is 0. The zero-order valence-electron chi connectivity index (χ0n) is 23.0. The Kier molecular flexibility index (Phi) is 6.28. The molecule has 1 aliphatic rings. The van der Waals surface area contributed by atoms with Gasteiger partial charge in [0.15, 0.2) is 0 Å². The van der Waals surface area contributed by atoms with E-state index in [0.29, 0.717) is 11.8 Å². The van der Waals surface area contributed by atoms with E-state index in [1.807, 2.05) is 0 Å². The van der Waals surface area contributed by atoms with Gasteiger partial charge in [0.2, 0.25) is 0 Å². The van der Waals surface area contributed by atoms with E-state index in [2.05, 4.69) is 132 Å². The van der Waals surface area contributed by atoms with Gasteiger partial charge in [-0.25, -0.2) is 4.58 Å². The highest BCUT2D eigenvalue weighted by atomic mass is 16.5. The minimum absolute atomic E-state index is 0.127. The van der Waals surface area contributed by atoms with E-state index in [-0.39, 0.29) is 12.0 Å². The third kappa shape index (κ3) is 3.86. The first-order chi connectivity index (χ1) is 17.2. The van der Waals surface area contributed by atoms with Gasteiger partial charge >= 0.3 is 0 Å². The summed E-state index contributed by atoms with van der Waals surface area (Å²) >= 11 is 0. The van der Waals surface area contributed by atoms with Crippen LogP contribution in [0.4, 0.5) is 0 Å². The number of allylic oxidation sites excluding steroid dienone is 1. The molecule has 0 N–H and O–H groups in total. The third-order valence-corrected chi connectivity index (χ3v) is 7.50. The highest BCUT2D eigenvalue weighted by Gasteiger charge is 2.37. The number of fused-ring (bicyclic) bond motifs is 3. The van der Waals surface area contributed by atoms with Crippen LogP contribution in [-0.4, -0.2) is 28.1 Å². The van der Waals surface area contributed by atoms with E-state index >= 15 is 0 Å². The number of hydrogen-bond acceptors (Lipinski definition) is 1. The molecule has 5 rings (SSSR count). The van der Waals surface area contributed by atoms with E-state index in [9.17, 15) is 0 Å². The molecule has 0 bridgehead atoms. The zero-order valence-corrected chi connectivity index (χ0v) is 23.0. The summed E-state index contributed by atoms with van der Waals surface area (Å²) in [5.41, 5.74) is 7.98. The lowest BCUT2D eigenvalue weighted by Crippen LogP contribution is -2.26. The molecule has 1 aliphatic heterocycles. The van der Waals surface area contributed by atoms with E-state index in [4.69, 9.17) is 4.74 Å². The predicted octanol–water partition coefficient (Wildman–Crippen LogP) is 8.34. The topological polar surface area (TPSA) is 17.2 Å². The van der Waals surface area contributed by atoms with Gasteiger partial charge < -0.3 is 4.74 Å². The Morgan fingerprint density at radius 3 is 2.11 bits per heavy atom. The molecule has 1 unspecified atom stereocenters. The average molecular weight is 480 g/mol. The Hall–Kier alpha value is -3.33. The van der Waals surface area contributed by atoms with Crippen molar-refractivity contribution in [3.8, 4) is 5.75 Å². The summed E-state index contributed by atoms with van der Waals surface area (Å²) in [7, 11) is 2.18. The molecule has 0 fully saturated rings. The van der Waals surface area contributed by atoms with Crippen molar-refractivity contribution in [3.05, 3.63) is 89.1 Å². The number of aromatic nitrogens is 1. The van der Waals surface area contributed by atoms with E-state index in [0.717, 1.165) is 5.75 Å². The van der Waals surface area contributed by atoms with Crippen LogP contribution < -0.4 is 4.74 Å². The maximum Gasteiger partial charge on any atom is 0.273 e. The zero-order chi connectivity index (χ0) is 25.7. The summed E-state index contributed by atoms with van der Waals surface area (Å²) in [6.45, 7) is 15.6. The smallest absolute Gasteiger partial charge is 0.273 e. The van der Waals surface area contributed by atoms with Gasteiger partial charge in [-0.15, -0.1) is 0 Å². The Morgan fingerprint density at radius 1 is 0.806 bits per heavy atom. The first kappa shape index (κ1) is 24.4. The number of rotatable bonds is 5. The Labute approximate surface area is 215 Å².